The SMILES string of the molecule is Cc1ccc(CCCC(=O)NCC(C)(C)CN)cc1. The summed E-state index contributed by atoms with van der Waals surface area (Å²) < 4.78 is 0. The summed E-state index contributed by atoms with van der Waals surface area (Å²) in [5.74, 6) is 0.119. The lowest BCUT2D eigenvalue weighted by molar-refractivity contribution is -0.121. The van der Waals surface area contributed by atoms with Gasteiger partial charge in [0.05, 0.1) is 0 Å². The number of carbonyl (C=O) groups is 1. The third-order valence-corrected chi connectivity index (χ3v) is 3.31. The van der Waals surface area contributed by atoms with Gasteiger partial charge in [0.15, 0.2) is 0 Å². The maximum Gasteiger partial charge on any atom is 0.220 e. The molecule has 3 nitrogen and oxygen atoms in total. The molecule has 1 rings (SSSR count). The highest BCUT2D eigenvalue weighted by Crippen LogP contribution is 2.11. The quantitative estimate of drug-likeness (QED) is 0.793. The Morgan fingerprint density at radius 2 is 1.89 bits per heavy atom. The van der Waals surface area contributed by atoms with Gasteiger partial charge < -0.3 is 11.1 Å². The molecule has 1 amide bonds. The molecule has 0 atom stereocenters. The van der Waals surface area contributed by atoms with E-state index in [0.29, 0.717) is 19.5 Å². The second-order valence-corrected chi connectivity index (χ2v) is 5.98. The smallest absolute Gasteiger partial charge is 0.220 e. The molecule has 0 heterocycles. The zero-order chi connectivity index (χ0) is 14.3. The summed E-state index contributed by atoms with van der Waals surface area (Å²) in [7, 11) is 0. The van der Waals surface area contributed by atoms with Crippen LogP contribution in [0.4, 0.5) is 0 Å². The van der Waals surface area contributed by atoms with Crippen molar-refractivity contribution in [3.05, 3.63) is 35.4 Å². The number of carbonyl (C=O) groups excluding carboxylic acids is 1. The molecular weight excluding hydrogens is 236 g/mol. The van der Waals surface area contributed by atoms with Crippen LogP contribution in [0.2, 0.25) is 0 Å². The molecule has 0 radical (unpaired) electrons. The highest BCUT2D eigenvalue weighted by molar-refractivity contribution is 5.75. The zero-order valence-electron chi connectivity index (χ0n) is 12.3. The van der Waals surface area contributed by atoms with E-state index in [-0.39, 0.29) is 11.3 Å². The van der Waals surface area contributed by atoms with Gasteiger partial charge >= 0.3 is 0 Å². The van der Waals surface area contributed by atoms with Crippen LogP contribution in [-0.2, 0) is 11.2 Å². The van der Waals surface area contributed by atoms with Crippen molar-refractivity contribution in [2.75, 3.05) is 13.1 Å². The number of hydrogen-bond acceptors (Lipinski definition) is 2. The first-order valence-corrected chi connectivity index (χ1v) is 6.95. The fraction of sp³-hybridized carbons (Fsp3) is 0.562. The van der Waals surface area contributed by atoms with Crippen molar-refractivity contribution in [2.24, 2.45) is 11.1 Å². The Balaban J connectivity index is 2.22. The molecule has 3 heteroatoms. The van der Waals surface area contributed by atoms with E-state index < -0.39 is 0 Å². The minimum absolute atomic E-state index is 0.0212. The molecule has 3 N–H and O–H groups in total. The fourth-order valence-corrected chi connectivity index (χ4v) is 1.71. The monoisotopic (exact) mass is 262 g/mol. The summed E-state index contributed by atoms with van der Waals surface area (Å²) in [5, 5.41) is 2.95. The molecular formula is C16H26N2O. The summed E-state index contributed by atoms with van der Waals surface area (Å²) in [5.41, 5.74) is 8.17. The Labute approximate surface area is 116 Å². The van der Waals surface area contributed by atoms with Crippen LogP contribution in [0.5, 0.6) is 0 Å². The zero-order valence-corrected chi connectivity index (χ0v) is 12.3. The van der Waals surface area contributed by atoms with Gasteiger partial charge in [-0.15, -0.1) is 0 Å². The maximum absolute atomic E-state index is 11.7. The van der Waals surface area contributed by atoms with Gasteiger partial charge in [-0.3, -0.25) is 4.79 Å². The molecule has 0 fully saturated rings. The van der Waals surface area contributed by atoms with E-state index >= 15 is 0 Å². The van der Waals surface area contributed by atoms with Crippen molar-refractivity contribution in [1.29, 1.82) is 0 Å². The van der Waals surface area contributed by atoms with Crippen LogP contribution in [0, 0.1) is 12.3 Å². The van der Waals surface area contributed by atoms with Crippen LogP contribution in [0.3, 0.4) is 0 Å². The second kappa shape index (κ2) is 7.29. The van der Waals surface area contributed by atoms with Crippen LogP contribution < -0.4 is 11.1 Å². The molecule has 0 unspecified atom stereocenters. The minimum Gasteiger partial charge on any atom is -0.356 e. The predicted molar refractivity (Wildman–Crippen MR) is 80.0 cm³/mol. The van der Waals surface area contributed by atoms with Crippen LogP contribution in [0.25, 0.3) is 0 Å². The molecule has 0 aliphatic heterocycles. The van der Waals surface area contributed by atoms with Crippen molar-refractivity contribution < 1.29 is 4.79 Å². The molecule has 0 aliphatic carbocycles. The number of benzene rings is 1. The molecule has 19 heavy (non-hydrogen) atoms. The summed E-state index contributed by atoms with van der Waals surface area (Å²) in [6.07, 6.45) is 2.42. The van der Waals surface area contributed by atoms with E-state index in [2.05, 4.69) is 50.4 Å². The topological polar surface area (TPSA) is 55.1 Å². The van der Waals surface area contributed by atoms with Gasteiger partial charge in [-0.1, -0.05) is 43.7 Å². The van der Waals surface area contributed by atoms with E-state index in [0.717, 1.165) is 12.8 Å². The summed E-state index contributed by atoms with van der Waals surface area (Å²) in [6, 6.07) is 8.48. The highest BCUT2D eigenvalue weighted by atomic mass is 16.1. The average Bonchev–Trinajstić information content (AvgIpc) is 2.39. The summed E-state index contributed by atoms with van der Waals surface area (Å²) >= 11 is 0. The fourth-order valence-electron chi connectivity index (χ4n) is 1.71. The maximum atomic E-state index is 11.7. The molecule has 0 saturated carbocycles. The largest absolute Gasteiger partial charge is 0.356 e. The number of nitrogens with two attached hydrogens (primary N) is 1. The van der Waals surface area contributed by atoms with Crippen LogP contribution >= 0.6 is 0 Å². The lowest BCUT2D eigenvalue weighted by Crippen LogP contribution is -2.38. The molecule has 1 aromatic rings. The molecule has 1 aromatic carbocycles. The normalized spacial score (nSPS) is 11.4. The van der Waals surface area contributed by atoms with Crippen molar-refractivity contribution in [2.45, 2.75) is 40.0 Å². The third kappa shape index (κ3) is 6.39. The first-order chi connectivity index (χ1) is 8.93. The van der Waals surface area contributed by atoms with Crippen molar-refractivity contribution in [3.63, 3.8) is 0 Å². The first-order valence-electron chi connectivity index (χ1n) is 6.95. The van der Waals surface area contributed by atoms with Gasteiger partial charge in [-0.05, 0) is 37.3 Å². The lowest BCUT2D eigenvalue weighted by Gasteiger charge is -2.22. The van der Waals surface area contributed by atoms with Crippen molar-refractivity contribution in [1.82, 2.24) is 5.32 Å². The average molecular weight is 262 g/mol. The summed E-state index contributed by atoms with van der Waals surface area (Å²) in [4.78, 5) is 11.7. The van der Waals surface area contributed by atoms with Crippen molar-refractivity contribution in [3.8, 4) is 0 Å². The molecule has 0 aliphatic rings. The van der Waals surface area contributed by atoms with E-state index in [9.17, 15) is 4.79 Å². The van der Waals surface area contributed by atoms with Gasteiger partial charge in [0.1, 0.15) is 0 Å². The standard InChI is InChI=1S/C16H26N2O/c1-13-7-9-14(10-8-13)5-4-6-15(19)18-12-16(2,3)11-17/h7-10H,4-6,11-12,17H2,1-3H3,(H,18,19). The van der Waals surface area contributed by atoms with Gasteiger partial charge in [-0.25, -0.2) is 0 Å². The number of nitrogens with one attached hydrogen (secondary N) is 1. The minimum atomic E-state index is -0.0212. The Morgan fingerprint density at radius 1 is 1.26 bits per heavy atom. The Morgan fingerprint density at radius 3 is 2.47 bits per heavy atom. The Kier molecular flexibility index (Phi) is 6.03. The first kappa shape index (κ1) is 15.7. The van der Waals surface area contributed by atoms with Crippen LogP contribution in [0.15, 0.2) is 24.3 Å². The van der Waals surface area contributed by atoms with E-state index in [1.54, 1.807) is 0 Å². The van der Waals surface area contributed by atoms with E-state index in [1.165, 1.54) is 11.1 Å². The molecule has 0 saturated heterocycles. The number of hydrogen-bond donors (Lipinski definition) is 2. The Bertz CT molecular complexity index is 396. The van der Waals surface area contributed by atoms with Gasteiger partial charge in [0.2, 0.25) is 5.91 Å². The Hall–Kier alpha value is -1.35. The van der Waals surface area contributed by atoms with Crippen LogP contribution in [0.1, 0.15) is 37.8 Å². The summed E-state index contributed by atoms with van der Waals surface area (Å²) in [6.45, 7) is 7.42. The number of aryl methyl sites for hydroxylation is 2. The second-order valence-electron chi connectivity index (χ2n) is 5.98. The molecule has 106 valence electrons. The van der Waals surface area contributed by atoms with Crippen molar-refractivity contribution >= 4 is 5.91 Å². The van der Waals surface area contributed by atoms with Gasteiger partial charge in [0, 0.05) is 13.0 Å². The van der Waals surface area contributed by atoms with Gasteiger partial charge in [-0.2, -0.15) is 0 Å². The number of amides is 1. The highest BCUT2D eigenvalue weighted by Gasteiger charge is 2.16. The predicted octanol–water partition coefficient (Wildman–Crippen LogP) is 2.42. The molecule has 0 spiro atoms. The van der Waals surface area contributed by atoms with Gasteiger partial charge in [0.25, 0.3) is 0 Å². The number of rotatable bonds is 7. The lowest BCUT2D eigenvalue weighted by atomic mass is 9.94. The molecule has 0 aromatic heterocycles. The molecule has 0 bridgehead atoms. The third-order valence-electron chi connectivity index (χ3n) is 3.31. The van der Waals surface area contributed by atoms with E-state index in [4.69, 9.17) is 5.73 Å². The van der Waals surface area contributed by atoms with E-state index in [1.807, 2.05) is 0 Å². The van der Waals surface area contributed by atoms with Crippen LogP contribution in [-0.4, -0.2) is 19.0 Å².